The van der Waals surface area contributed by atoms with E-state index >= 15 is 0 Å². The van der Waals surface area contributed by atoms with Crippen molar-refractivity contribution >= 4 is 62.2 Å². The second-order valence-electron chi connectivity index (χ2n) is 7.08. The lowest BCUT2D eigenvalue weighted by molar-refractivity contribution is -0.141. The van der Waals surface area contributed by atoms with Crippen LogP contribution in [0.5, 0.6) is 11.5 Å². The molecule has 0 amide bonds. The highest BCUT2D eigenvalue weighted by Crippen LogP contribution is 2.43. The number of ether oxygens (including phenoxy) is 1. The lowest BCUT2D eigenvalue weighted by Gasteiger charge is -2.16. The maximum atomic E-state index is 13.1. The van der Waals surface area contributed by atoms with Crippen molar-refractivity contribution in [3.05, 3.63) is 68.5 Å². The molecule has 0 radical (unpaired) electrons. The summed E-state index contributed by atoms with van der Waals surface area (Å²) in [6, 6.07) is 6.86. The average molecular weight is 534 g/mol. The number of aromatic nitrogens is 3. The monoisotopic (exact) mass is 532 g/mol. The molecule has 1 N–H and O–H groups in total. The van der Waals surface area contributed by atoms with E-state index in [2.05, 4.69) is 20.3 Å². The van der Waals surface area contributed by atoms with Gasteiger partial charge in [-0.15, -0.1) is 11.3 Å². The molecule has 0 aliphatic carbocycles. The van der Waals surface area contributed by atoms with E-state index in [1.165, 1.54) is 17.7 Å². The largest absolute Gasteiger partial charge is 0.454 e. The number of rotatable bonds is 6. The van der Waals surface area contributed by atoms with Gasteiger partial charge in [0.2, 0.25) is 0 Å². The van der Waals surface area contributed by atoms with Crippen LogP contribution >= 0.6 is 46.1 Å². The smallest absolute Gasteiger partial charge is 0.434 e. The van der Waals surface area contributed by atoms with E-state index in [9.17, 15) is 13.2 Å². The number of fused-ring (bicyclic) bond motifs is 1. The van der Waals surface area contributed by atoms with E-state index < -0.39 is 16.9 Å². The number of thiophene rings is 1. The molecule has 0 spiro atoms. The first-order valence-electron chi connectivity index (χ1n) is 9.45. The number of nitrogens with zero attached hydrogens (tertiary/aromatic N) is 3. The fourth-order valence-electron chi connectivity index (χ4n) is 3.14. The van der Waals surface area contributed by atoms with E-state index in [1.54, 1.807) is 24.3 Å². The lowest BCUT2D eigenvalue weighted by atomic mass is 10.1. The van der Waals surface area contributed by atoms with E-state index in [4.69, 9.17) is 39.5 Å². The standard InChI is InChI=1S/C21H14Cl3F3N4OS/c1-10(31-19-15-14(23)8-33-20(15)30-9-29-19)6-11-2-4-12(5-3-11)32-17-13(22)7-28-18(16(17)24)21(25,26)27/h2-5,7-10H,6H2,1H3,(H,29,30,31). The van der Waals surface area contributed by atoms with Crippen LogP contribution in [0.2, 0.25) is 15.1 Å². The molecular formula is C21H14Cl3F3N4OS. The Bertz CT molecular complexity index is 1300. The van der Waals surface area contributed by atoms with E-state index in [-0.39, 0.29) is 22.6 Å². The molecule has 0 saturated heterocycles. The molecule has 4 rings (SSSR count). The summed E-state index contributed by atoms with van der Waals surface area (Å²) >= 11 is 19.5. The first-order chi connectivity index (χ1) is 15.6. The summed E-state index contributed by atoms with van der Waals surface area (Å²) in [6.45, 7) is 1.99. The highest BCUT2D eigenvalue weighted by atomic mass is 35.5. The summed E-state index contributed by atoms with van der Waals surface area (Å²) in [4.78, 5) is 12.6. The minimum Gasteiger partial charge on any atom is -0.454 e. The maximum Gasteiger partial charge on any atom is 0.434 e. The van der Waals surface area contributed by atoms with Crippen LogP contribution in [0.25, 0.3) is 10.2 Å². The molecular weight excluding hydrogens is 520 g/mol. The molecule has 1 unspecified atom stereocenters. The van der Waals surface area contributed by atoms with Crippen LogP contribution in [-0.4, -0.2) is 21.0 Å². The van der Waals surface area contributed by atoms with Gasteiger partial charge in [-0.05, 0) is 31.0 Å². The maximum absolute atomic E-state index is 13.1. The lowest BCUT2D eigenvalue weighted by Crippen LogP contribution is -2.19. The number of halogens is 6. The molecule has 5 nitrogen and oxygen atoms in total. The molecule has 4 aromatic rings. The number of nitrogens with one attached hydrogen (secondary N) is 1. The number of benzene rings is 1. The van der Waals surface area contributed by atoms with Crippen molar-refractivity contribution in [2.45, 2.75) is 25.6 Å². The van der Waals surface area contributed by atoms with Gasteiger partial charge in [0, 0.05) is 11.4 Å². The van der Waals surface area contributed by atoms with Gasteiger partial charge in [0.15, 0.2) is 11.4 Å². The molecule has 3 aromatic heterocycles. The van der Waals surface area contributed by atoms with Crippen molar-refractivity contribution in [2.75, 3.05) is 5.32 Å². The molecule has 172 valence electrons. The van der Waals surface area contributed by atoms with E-state index in [1.807, 2.05) is 12.3 Å². The van der Waals surface area contributed by atoms with Crippen molar-refractivity contribution in [3.63, 3.8) is 0 Å². The van der Waals surface area contributed by atoms with Gasteiger partial charge in [-0.3, -0.25) is 0 Å². The van der Waals surface area contributed by atoms with Gasteiger partial charge >= 0.3 is 6.18 Å². The first-order valence-corrected chi connectivity index (χ1v) is 11.5. The first kappa shape index (κ1) is 23.8. The van der Waals surface area contributed by atoms with Crippen LogP contribution < -0.4 is 10.1 Å². The second-order valence-corrected chi connectivity index (χ2v) is 9.13. The predicted molar refractivity (Wildman–Crippen MR) is 125 cm³/mol. The van der Waals surface area contributed by atoms with Gasteiger partial charge in [0.25, 0.3) is 0 Å². The fourth-order valence-corrected chi connectivity index (χ4v) is 4.80. The Morgan fingerprint density at radius 1 is 1.06 bits per heavy atom. The van der Waals surface area contributed by atoms with Gasteiger partial charge in [-0.2, -0.15) is 13.2 Å². The van der Waals surface area contributed by atoms with Crippen molar-refractivity contribution in [1.82, 2.24) is 15.0 Å². The highest BCUT2D eigenvalue weighted by Gasteiger charge is 2.37. The van der Waals surface area contributed by atoms with Gasteiger partial charge in [0.05, 0.1) is 16.6 Å². The summed E-state index contributed by atoms with van der Waals surface area (Å²) in [5.74, 6) is 0.634. The van der Waals surface area contributed by atoms with E-state index in [0.717, 1.165) is 22.0 Å². The molecule has 0 aliphatic rings. The number of hydrogen-bond donors (Lipinski definition) is 1. The van der Waals surface area contributed by atoms with Crippen LogP contribution in [0.3, 0.4) is 0 Å². The van der Waals surface area contributed by atoms with Crippen molar-refractivity contribution in [2.24, 2.45) is 0 Å². The van der Waals surface area contributed by atoms with Crippen LogP contribution in [0.4, 0.5) is 19.0 Å². The molecule has 3 heterocycles. The molecule has 1 aromatic carbocycles. The molecule has 0 aliphatic heterocycles. The fraction of sp³-hybridized carbons (Fsp3) is 0.190. The van der Waals surface area contributed by atoms with Gasteiger partial charge in [0.1, 0.15) is 32.8 Å². The van der Waals surface area contributed by atoms with Gasteiger partial charge in [-0.25, -0.2) is 15.0 Å². The zero-order valence-electron chi connectivity index (χ0n) is 16.8. The summed E-state index contributed by atoms with van der Waals surface area (Å²) in [6.07, 6.45) is -1.75. The molecule has 33 heavy (non-hydrogen) atoms. The summed E-state index contributed by atoms with van der Waals surface area (Å²) in [7, 11) is 0. The number of alkyl halides is 3. The van der Waals surface area contributed by atoms with Gasteiger partial charge < -0.3 is 10.1 Å². The van der Waals surface area contributed by atoms with Crippen molar-refractivity contribution < 1.29 is 17.9 Å². The summed E-state index contributed by atoms with van der Waals surface area (Å²) in [5, 5.41) is 5.71. The Labute approximate surface area is 205 Å². The minimum absolute atomic E-state index is 0.00395. The topological polar surface area (TPSA) is 59.9 Å². The Morgan fingerprint density at radius 3 is 2.48 bits per heavy atom. The van der Waals surface area contributed by atoms with Crippen LogP contribution in [-0.2, 0) is 12.6 Å². The van der Waals surface area contributed by atoms with Crippen molar-refractivity contribution in [3.8, 4) is 11.5 Å². The highest BCUT2D eigenvalue weighted by molar-refractivity contribution is 7.17. The summed E-state index contributed by atoms with van der Waals surface area (Å²) in [5.41, 5.74) is -0.295. The van der Waals surface area contributed by atoms with Crippen LogP contribution in [0, 0.1) is 0 Å². The van der Waals surface area contributed by atoms with Crippen LogP contribution in [0.1, 0.15) is 18.2 Å². The number of anilines is 1. The van der Waals surface area contributed by atoms with Crippen LogP contribution in [0.15, 0.2) is 42.2 Å². The number of hydrogen-bond acceptors (Lipinski definition) is 6. The van der Waals surface area contributed by atoms with Gasteiger partial charge in [-0.1, -0.05) is 46.9 Å². The Hall–Kier alpha value is -2.33. The Kier molecular flexibility index (Phi) is 6.86. The van der Waals surface area contributed by atoms with Crippen molar-refractivity contribution in [1.29, 1.82) is 0 Å². The van der Waals surface area contributed by atoms with E-state index in [0.29, 0.717) is 17.3 Å². The third-order valence-corrected chi connectivity index (χ3v) is 6.53. The Balaban J connectivity index is 1.46. The molecule has 0 fully saturated rings. The molecule has 0 saturated carbocycles. The number of pyridine rings is 1. The average Bonchev–Trinajstić information content (AvgIpc) is 3.13. The summed E-state index contributed by atoms with van der Waals surface area (Å²) < 4.78 is 44.7. The molecule has 1 atom stereocenters. The zero-order chi connectivity index (χ0) is 23.8. The zero-order valence-corrected chi connectivity index (χ0v) is 19.8. The normalized spacial score (nSPS) is 12.7. The second kappa shape index (κ2) is 9.50. The quantitative estimate of drug-likeness (QED) is 0.273. The third kappa shape index (κ3) is 5.27. The minimum atomic E-state index is -4.73. The molecule has 12 heteroatoms. The molecule has 0 bridgehead atoms. The predicted octanol–water partition coefficient (Wildman–Crippen LogP) is 7.90. The Morgan fingerprint density at radius 2 is 1.79 bits per heavy atom. The SMILES string of the molecule is CC(Cc1ccc(Oc2c(Cl)cnc(C(F)(F)F)c2Cl)cc1)Nc1ncnc2scc(Cl)c12. The third-order valence-electron chi connectivity index (χ3n) is 4.59.